The van der Waals surface area contributed by atoms with E-state index in [0.717, 1.165) is 19.5 Å². The normalized spacial score (nSPS) is 10.0. The summed E-state index contributed by atoms with van der Waals surface area (Å²) in [5.41, 5.74) is 6.58. The van der Waals surface area contributed by atoms with Crippen LogP contribution in [0.15, 0.2) is 30.3 Å². The maximum absolute atomic E-state index is 11.4. The van der Waals surface area contributed by atoms with Crippen molar-refractivity contribution in [3.05, 3.63) is 35.9 Å². The number of carbonyl (C=O) groups excluding carboxylic acids is 1. The van der Waals surface area contributed by atoms with Gasteiger partial charge < -0.3 is 10.6 Å². The minimum atomic E-state index is 0.0217. The van der Waals surface area contributed by atoms with Gasteiger partial charge in [0.15, 0.2) is 0 Å². The number of rotatable bonds is 5. The van der Waals surface area contributed by atoms with Crippen molar-refractivity contribution in [3.63, 3.8) is 0 Å². The molecule has 0 spiro atoms. The SMILES string of the molecule is CCN(CCc1ccccc1)C(=O)CN. The molecule has 82 valence electrons. The second-order valence-electron chi connectivity index (χ2n) is 3.41. The smallest absolute Gasteiger partial charge is 0.236 e. The van der Waals surface area contributed by atoms with Gasteiger partial charge in [-0.2, -0.15) is 0 Å². The molecule has 0 saturated carbocycles. The van der Waals surface area contributed by atoms with E-state index in [1.54, 1.807) is 4.90 Å². The zero-order chi connectivity index (χ0) is 11.1. The molecular formula is C12H18N2O. The molecule has 3 heteroatoms. The molecule has 0 bridgehead atoms. The van der Waals surface area contributed by atoms with E-state index >= 15 is 0 Å². The van der Waals surface area contributed by atoms with Crippen LogP contribution >= 0.6 is 0 Å². The zero-order valence-corrected chi connectivity index (χ0v) is 9.15. The highest BCUT2D eigenvalue weighted by molar-refractivity contribution is 5.77. The van der Waals surface area contributed by atoms with E-state index in [4.69, 9.17) is 5.73 Å². The van der Waals surface area contributed by atoms with Gasteiger partial charge in [-0.15, -0.1) is 0 Å². The largest absolute Gasteiger partial charge is 0.342 e. The van der Waals surface area contributed by atoms with Crippen LogP contribution in [0.5, 0.6) is 0 Å². The average Bonchev–Trinajstić information content (AvgIpc) is 2.31. The number of benzene rings is 1. The standard InChI is InChI=1S/C12H18N2O/c1-2-14(12(15)10-13)9-8-11-6-4-3-5-7-11/h3-7H,2,8-10,13H2,1H3. The molecule has 0 saturated heterocycles. The molecule has 1 rings (SSSR count). The molecule has 0 aromatic heterocycles. The second kappa shape index (κ2) is 6.19. The van der Waals surface area contributed by atoms with E-state index in [-0.39, 0.29) is 12.5 Å². The molecule has 0 atom stereocenters. The van der Waals surface area contributed by atoms with Crippen LogP contribution in [0.4, 0.5) is 0 Å². The first-order valence-electron chi connectivity index (χ1n) is 5.29. The van der Waals surface area contributed by atoms with Crippen molar-refractivity contribution in [2.45, 2.75) is 13.3 Å². The van der Waals surface area contributed by atoms with Crippen LogP contribution in [0.1, 0.15) is 12.5 Å². The van der Waals surface area contributed by atoms with Gasteiger partial charge in [0.25, 0.3) is 0 Å². The van der Waals surface area contributed by atoms with Crippen molar-refractivity contribution in [1.29, 1.82) is 0 Å². The average molecular weight is 206 g/mol. The van der Waals surface area contributed by atoms with Gasteiger partial charge in [0, 0.05) is 13.1 Å². The summed E-state index contributed by atoms with van der Waals surface area (Å²) in [5, 5.41) is 0. The van der Waals surface area contributed by atoms with Crippen LogP contribution in [0, 0.1) is 0 Å². The number of hydrogen-bond donors (Lipinski definition) is 1. The minimum Gasteiger partial charge on any atom is -0.342 e. The Bertz CT molecular complexity index is 298. The van der Waals surface area contributed by atoms with Gasteiger partial charge in [-0.1, -0.05) is 30.3 Å². The van der Waals surface area contributed by atoms with Gasteiger partial charge in [-0.3, -0.25) is 4.79 Å². The molecule has 0 unspecified atom stereocenters. The highest BCUT2D eigenvalue weighted by atomic mass is 16.2. The van der Waals surface area contributed by atoms with Crippen LogP contribution in [-0.4, -0.2) is 30.4 Å². The molecule has 15 heavy (non-hydrogen) atoms. The molecule has 3 nitrogen and oxygen atoms in total. The van der Waals surface area contributed by atoms with Crippen molar-refractivity contribution in [1.82, 2.24) is 4.90 Å². The molecule has 1 aromatic carbocycles. The Hall–Kier alpha value is -1.35. The topological polar surface area (TPSA) is 46.3 Å². The third-order valence-corrected chi connectivity index (χ3v) is 2.42. The lowest BCUT2D eigenvalue weighted by Gasteiger charge is -2.19. The molecule has 0 aliphatic carbocycles. The Morgan fingerprint density at radius 1 is 1.33 bits per heavy atom. The Labute approximate surface area is 90.9 Å². The summed E-state index contributed by atoms with van der Waals surface area (Å²) in [6.07, 6.45) is 0.889. The summed E-state index contributed by atoms with van der Waals surface area (Å²) in [6.45, 7) is 3.54. The highest BCUT2D eigenvalue weighted by Crippen LogP contribution is 2.01. The van der Waals surface area contributed by atoms with Gasteiger partial charge in [0.2, 0.25) is 5.91 Å². The monoisotopic (exact) mass is 206 g/mol. The number of nitrogens with two attached hydrogens (primary N) is 1. The van der Waals surface area contributed by atoms with Crippen LogP contribution in [-0.2, 0) is 11.2 Å². The van der Waals surface area contributed by atoms with E-state index in [1.807, 2.05) is 25.1 Å². The Morgan fingerprint density at radius 3 is 2.53 bits per heavy atom. The van der Waals surface area contributed by atoms with E-state index in [0.29, 0.717) is 0 Å². The van der Waals surface area contributed by atoms with E-state index in [9.17, 15) is 4.79 Å². The number of nitrogens with zero attached hydrogens (tertiary/aromatic N) is 1. The van der Waals surface area contributed by atoms with Gasteiger partial charge in [-0.25, -0.2) is 0 Å². The summed E-state index contributed by atoms with van der Waals surface area (Å²) in [5.74, 6) is 0.0217. The third kappa shape index (κ3) is 3.72. The van der Waals surface area contributed by atoms with Crippen molar-refractivity contribution in [2.75, 3.05) is 19.6 Å². The lowest BCUT2D eigenvalue weighted by atomic mass is 10.1. The molecule has 0 aliphatic rings. The van der Waals surface area contributed by atoms with E-state index in [2.05, 4.69) is 12.1 Å². The fraction of sp³-hybridized carbons (Fsp3) is 0.417. The van der Waals surface area contributed by atoms with Gasteiger partial charge in [0.1, 0.15) is 0 Å². The molecular weight excluding hydrogens is 188 g/mol. The first-order valence-corrected chi connectivity index (χ1v) is 5.29. The second-order valence-corrected chi connectivity index (χ2v) is 3.41. The zero-order valence-electron chi connectivity index (χ0n) is 9.15. The molecule has 1 amide bonds. The molecule has 2 N–H and O–H groups in total. The van der Waals surface area contributed by atoms with Crippen LogP contribution < -0.4 is 5.73 Å². The molecule has 0 radical (unpaired) electrons. The van der Waals surface area contributed by atoms with Gasteiger partial charge in [0.05, 0.1) is 6.54 Å². The number of carbonyl (C=O) groups is 1. The highest BCUT2D eigenvalue weighted by Gasteiger charge is 2.08. The van der Waals surface area contributed by atoms with Crippen molar-refractivity contribution in [3.8, 4) is 0 Å². The summed E-state index contributed by atoms with van der Waals surface area (Å²) < 4.78 is 0. The lowest BCUT2D eigenvalue weighted by Crippen LogP contribution is -2.37. The van der Waals surface area contributed by atoms with Gasteiger partial charge >= 0.3 is 0 Å². The summed E-state index contributed by atoms with van der Waals surface area (Å²) in [6, 6.07) is 10.2. The number of amides is 1. The summed E-state index contributed by atoms with van der Waals surface area (Å²) in [7, 11) is 0. The van der Waals surface area contributed by atoms with Crippen molar-refractivity contribution >= 4 is 5.91 Å². The van der Waals surface area contributed by atoms with Crippen molar-refractivity contribution < 1.29 is 4.79 Å². The predicted molar refractivity (Wildman–Crippen MR) is 61.5 cm³/mol. The minimum absolute atomic E-state index is 0.0217. The molecule has 1 aromatic rings. The van der Waals surface area contributed by atoms with E-state index < -0.39 is 0 Å². The van der Waals surface area contributed by atoms with Crippen LogP contribution in [0.2, 0.25) is 0 Å². The summed E-state index contributed by atoms with van der Waals surface area (Å²) >= 11 is 0. The lowest BCUT2D eigenvalue weighted by molar-refractivity contribution is -0.129. The Morgan fingerprint density at radius 2 is 2.00 bits per heavy atom. The molecule has 0 fully saturated rings. The fourth-order valence-corrected chi connectivity index (χ4v) is 1.50. The number of likely N-dealkylation sites (N-methyl/N-ethyl adjacent to an activating group) is 1. The Kier molecular flexibility index (Phi) is 4.84. The maximum Gasteiger partial charge on any atom is 0.236 e. The first-order chi connectivity index (χ1) is 7.27. The molecule has 0 aliphatic heterocycles. The number of hydrogen-bond acceptors (Lipinski definition) is 2. The van der Waals surface area contributed by atoms with E-state index in [1.165, 1.54) is 5.56 Å². The quantitative estimate of drug-likeness (QED) is 0.782. The fourth-order valence-electron chi connectivity index (χ4n) is 1.50. The Balaban J connectivity index is 2.44. The predicted octanol–water partition coefficient (Wildman–Crippen LogP) is 1.04. The summed E-state index contributed by atoms with van der Waals surface area (Å²) in [4.78, 5) is 13.1. The first kappa shape index (κ1) is 11.7. The third-order valence-electron chi connectivity index (χ3n) is 2.42. The van der Waals surface area contributed by atoms with Gasteiger partial charge in [-0.05, 0) is 18.9 Å². The van der Waals surface area contributed by atoms with Crippen molar-refractivity contribution in [2.24, 2.45) is 5.73 Å². The van der Waals surface area contributed by atoms with Crippen LogP contribution in [0.25, 0.3) is 0 Å². The van der Waals surface area contributed by atoms with Crippen LogP contribution in [0.3, 0.4) is 0 Å². The maximum atomic E-state index is 11.4. The molecule has 0 heterocycles.